The molecule has 2 N–H and O–H groups in total. The highest BCUT2D eigenvalue weighted by Crippen LogP contribution is 2.32. The molecule has 0 aromatic heterocycles. The lowest BCUT2D eigenvalue weighted by Crippen LogP contribution is -2.34. The van der Waals surface area contributed by atoms with E-state index in [1.165, 1.54) is 0 Å². The standard InChI is InChI=1S/C19H19N3O5/c23-13(10-25-16-3-1-2-14-18(16)22-19(24)21-14)9-20-7-6-12-4-5-15-17(8-12)27-11-26-15/h1-5,8,13,20,23H,6-7,9-11H2. The van der Waals surface area contributed by atoms with E-state index in [9.17, 15) is 9.90 Å². The number of hydrogen-bond donors (Lipinski definition) is 2. The van der Waals surface area contributed by atoms with E-state index in [4.69, 9.17) is 14.2 Å². The topological polar surface area (TPSA) is 102 Å². The van der Waals surface area contributed by atoms with Crippen molar-refractivity contribution in [2.45, 2.75) is 12.5 Å². The van der Waals surface area contributed by atoms with Crippen LogP contribution in [0.15, 0.2) is 46.4 Å². The Kier molecular flexibility index (Phi) is 4.99. The molecular weight excluding hydrogens is 350 g/mol. The number of carbonyl (C=O) groups excluding carboxylic acids is 1. The average Bonchev–Trinajstić information content (AvgIpc) is 3.28. The maximum absolute atomic E-state index is 11.3. The number of rotatable bonds is 8. The van der Waals surface area contributed by atoms with Crippen LogP contribution in [-0.2, 0) is 6.42 Å². The number of hydrogen-bond acceptors (Lipinski definition) is 6. The molecule has 0 saturated carbocycles. The second kappa shape index (κ2) is 7.73. The molecule has 0 spiro atoms. The normalized spacial score (nSPS) is 15.1. The van der Waals surface area contributed by atoms with Crippen molar-refractivity contribution in [3.05, 3.63) is 52.7 Å². The average molecular weight is 369 g/mol. The van der Waals surface area contributed by atoms with Crippen LogP contribution in [0.2, 0.25) is 0 Å². The van der Waals surface area contributed by atoms with Crippen LogP contribution in [0.1, 0.15) is 5.56 Å². The van der Waals surface area contributed by atoms with Crippen LogP contribution >= 0.6 is 0 Å². The van der Waals surface area contributed by atoms with Gasteiger partial charge in [-0.25, -0.2) is 4.79 Å². The van der Waals surface area contributed by atoms with Gasteiger partial charge in [0.1, 0.15) is 23.8 Å². The van der Waals surface area contributed by atoms with Crippen molar-refractivity contribution >= 4 is 6.03 Å². The number of urea groups is 1. The summed E-state index contributed by atoms with van der Waals surface area (Å²) in [5, 5.41) is 14.2. The Bertz CT molecular complexity index is 976. The maximum Gasteiger partial charge on any atom is 0.368 e. The Labute approximate surface area is 155 Å². The van der Waals surface area contributed by atoms with Gasteiger partial charge in [0.15, 0.2) is 11.5 Å². The third-order valence-electron chi connectivity index (χ3n) is 4.24. The van der Waals surface area contributed by atoms with Gasteiger partial charge in [0.05, 0.1) is 5.36 Å². The first kappa shape index (κ1) is 17.4. The Morgan fingerprint density at radius 2 is 2.07 bits per heavy atom. The summed E-state index contributed by atoms with van der Waals surface area (Å²) in [7, 11) is 0. The van der Waals surface area contributed by atoms with Crippen molar-refractivity contribution in [3.63, 3.8) is 0 Å². The highest BCUT2D eigenvalue weighted by Gasteiger charge is 2.14. The predicted octanol–water partition coefficient (Wildman–Crippen LogP) is 0.360. The van der Waals surface area contributed by atoms with Crippen molar-refractivity contribution in [1.82, 2.24) is 5.32 Å². The summed E-state index contributed by atoms with van der Waals surface area (Å²) >= 11 is 0. The van der Waals surface area contributed by atoms with Gasteiger partial charge in [0.25, 0.3) is 0 Å². The molecule has 2 amide bonds. The van der Waals surface area contributed by atoms with Crippen molar-refractivity contribution in [2.24, 2.45) is 9.98 Å². The molecule has 140 valence electrons. The molecule has 2 heterocycles. The summed E-state index contributed by atoms with van der Waals surface area (Å²) in [5.74, 6) is 1.99. The molecule has 1 atom stereocenters. The van der Waals surface area contributed by atoms with Crippen LogP contribution in [0.3, 0.4) is 0 Å². The van der Waals surface area contributed by atoms with Gasteiger partial charge in [-0.05, 0) is 42.8 Å². The Balaban J connectivity index is 1.21. The maximum atomic E-state index is 11.3. The summed E-state index contributed by atoms with van der Waals surface area (Å²) in [6, 6.07) is 10.5. The molecule has 2 aliphatic heterocycles. The lowest BCUT2D eigenvalue weighted by Gasteiger charge is -2.13. The summed E-state index contributed by atoms with van der Waals surface area (Å²) in [4.78, 5) is 18.9. The molecule has 8 heteroatoms. The predicted molar refractivity (Wildman–Crippen MR) is 94.8 cm³/mol. The minimum atomic E-state index is -0.688. The zero-order valence-electron chi connectivity index (χ0n) is 14.6. The largest absolute Gasteiger partial charge is 0.488 e. The fraction of sp³-hybridized carbons (Fsp3) is 0.316. The second-order valence-electron chi connectivity index (χ2n) is 6.24. The molecule has 2 aliphatic rings. The van der Waals surface area contributed by atoms with E-state index in [-0.39, 0.29) is 13.4 Å². The van der Waals surface area contributed by atoms with Gasteiger partial charge in [0.2, 0.25) is 6.79 Å². The van der Waals surface area contributed by atoms with Crippen LogP contribution < -0.4 is 30.2 Å². The molecule has 8 nitrogen and oxygen atoms in total. The quantitative estimate of drug-likeness (QED) is 0.652. The van der Waals surface area contributed by atoms with Gasteiger partial charge < -0.3 is 24.6 Å². The zero-order chi connectivity index (χ0) is 18.6. The number of fused-ring (bicyclic) bond motifs is 2. The van der Waals surface area contributed by atoms with E-state index >= 15 is 0 Å². The Morgan fingerprint density at radius 3 is 3.00 bits per heavy atom. The van der Waals surface area contributed by atoms with Crippen LogP contribution in [-0.4, -0.2) is 43.7 Å². The van der Waals surface area contributed by atoms with E-state index in [2.05, 4.69) is 15.3 Å². The summed E-state index contributed by atoms with van der Waals surface area (Å²) < 4.78 is 16.3. The molecule has 0 bridgehead atoms. The second-order valence-corrected chi connectivity index (χ2v) is 6.24. The molecule has 4 rings (SSSR count). The molecular formula is C19H19N3O5. The van der Waals surface area contributed by atoms with Gasteiger partial charge in [-0.2, -0.15) is 9.98 Å². The number of carbonyl (C=O) groups is 1. The van der Waals surface area contributed by atoms with Crippen molar-refractivity contribution in [1.29, 1.82) is 0 Å². The minimum absolute atomic E-state index is 0.0944. The summed E-state index contributed by atoms with van der Waals surface area (Å²) in [5.41, 5.74) is 1.13. The first-order valence-electron chi connectivity index (χ1n) is 8.69. The van der Waals surface area contributed by atoms with Gasteiger partial charge >= 0.3 is 6.03 Å². The molecule has 0 aliphatic carbocycles. The van der Waals surface area contributed by atoms with E-state index < -0.39 is 12.1 Å². The number of benzene rings is 2. The number of nitrogens with one attached hydrogen (secondary N) is 1. The minimum Gasteiger partial charge on any atom is -0.488 e. The lowest BCUT2D eigenvalue weighted by atomic mass is 10.1. The number of aliphatic hydroxyl groups is 1. The van der Waals surface area contributed by atoms with Crippen LogP contribution in [0.4, 0.5) is 4.79 Å². The summed E-state index contributed by atoms with van der Waals surface area (Å²) in [6.45, 7) is 1.46. The van der Waals surface area contributed by atoms with Gasteiger partial charge in [-0.1, -0.05) is 12.1 Å². The third-order valence-corrected chi connectivity index (χ3v) is 4.24. The molecule has 0 saturated heterocycles. The van der Waals surface area contributed by atoms with Crippen molar-refractivity contribution < 1.29 is 24.1 Å². The van der Waals surface area contributed by atoms with E-state index in [1.807, 2.05) is 18.2 Å². The smallest absolute Gasteiger partial charge is 0.368 e. The molecule has 2 aromatic carbocycles. The van der Waals surface area contributed by atoms with Gasteiger partial charge in [0, 0.05) is 6.54 Å². The molecule has 27 heavy (non-hydrogen) atoms. The number of nitrogens with zero attached hydrogens (tertiary/aromatic N) is 2. The Morgan fingerprint density at radius 1 is 1.19 bits per heavy atom. The fourth-order valence-corrected chi connectivity index (χ4v) is 2.90. The van der Waals surface area contributed by atoms with Crippen LogP contribution in [0.25, 0.3) is 0 Å². The van der Waals surface area contributed by atoms with Crippen molar-refractivity contribution in [2.75, 3.05) is 26.5 Å². The summed E-state index contributed by atoms with van der Waals surface area (Å²) in [6.07, 6.45) is 0.116. The van der Waals surface area contributed by atoms with E-state index in [0.29, 0.717) is 29.6 Å². The van der Waals surface area contributed by atoms with E-state index in [0.717, 1.165) is 23.5 Å². The van der Waals surface area contributed by atoms with Crippen LogP contribution in [0, 0.1) is 0 Å². The van der Waals surface area contributed by atoms with Crippen LogP contribution in [0.5, 0.6) is 17.2 Å². The number of ether oxygens (including phenoxy) is 3. The van der Waals surface area contributed by atoms with Crippen molar-refractivity contribution in [3.8, 4) is 17.2 Å². The van der Waals surface area contributed by atoms with Gasteiger partial charge in [-0.15, -0.1) is 0 Å². The van der Waals surface area contributed by atoms with Gasteiger partial charge in [-0.3, -0.25) is 0 Å². The number of amides is 2. The lowest BCUT2D eigenvalue weighted by molar-refractivity contribution is 0.106. The fourth-order valence-electron chi connectivity index (χ4n) is 2.90. The third kappa shape index (κ3) is 4.07. The molecule has 0 fully saturated rings. The first-order valence-corrected chi connectivity index (χ1v) is 8.69. The first-order chi connectivity index (χ1) is 13.2. The number of para-hydroxylation sites is 1. The molecule has 2 aromatic rings. The van der Waals surface area contributed by atoms with E-state index in [1.54, 1.807) is 18.2 Å². The molecule has 1 unspecified atom stereocenters. The zero-order valence-corrected chi connectivity index (χ0v) is 14.6. The SMILES string of the molecule is O=C1N=c2cccc(OCC(O)CNCCc3ccc4c(c3)OCO4)c2=N1. The monoisotopic (exact) mass is 369 g/mol. The Hall–Kier alpha value is -2.97. The highest BCUT2D eigenvalue weighted by molar-refractivity contribution is 5.77. The molecule has 0 radical (unpaired) electrons. The number of aliphatic hydroxyl groups excluding tert-OH is 1. The highest BCUT2D eigenvalue weighted by atomic mass is 16.7.